The van der Waals surface area contributed by atoms with Crippen LogP contribution in [-0.2, 0) is 6.42 Å². The molecule has 146 valence electrons. The summed E-state index contributed by atoms with van der Waals surface area (Å²) >= 11 is 5.89. The van der Waals surface area contributed by atoms with Crippen molar-refractivity contribution in [2.45, 2.75) is 32.6 Å². The number of anilines is 1. The second-order valence-corrected chi connectivity index (χ2v) is 7.65. The van der Waals surface area contributed by atoms with Crippen molar-refractivity contribution in [1.29, 1.82) is 0 Å². The molecule has 28 heavy (non-hydrogen) atoms. The number of rotatable bonds is 6. The Bertz CT molecular complexity index is 920. The molecule has 4 rings (SSSR count). The second-order valence-electron chi connectivity index (χ2n) is 7.22. The molecule has 1 atom stereocenters. The number of nitrogens with zero attached hydrogens (tertiary/aromatic N) is 4. The molecule has 3 heterocycles. The normalized spacial score (nSPS) is 16.5. The van der Waals surface area contributed by atoms with Gasteiger partial charge in [0.2, 0.25) is 0 Å². The van der Waals surface area contributed by atoms with Gasteiger partial charge >= 0.3 is 0 Å². The van der Waals surface area contributed by atoms with Gasteiger partial charge in [-0.15, -0.1) is 0 Å². The van der Waals surface area contributed by atoms with Crippen LogP contribution in [0.15, 0.2) is 36.4 Å². The van der Waals surface area contributed by atoms with Crippen molar-refractivity contribution >= 4 is 17.4 Å². The molecule has 1 unspecified atom stereocenters. The highest BCUT2D eigenvalue weighted by Gasteiger charge is 2.27. The van der Waals surface area contributed by atoms with Crippen LogP contribution in [0, 0.1) is 13.8 Å². The quantitative estimate of drug-likeness (QED) is 0.678. The lowest BCUT2D eigenvalue weighted by Gasteiger charge is -2.17. The Balaban J connectivity index is 1.32. The standard InChI is InChI=1S/C21H24ClN5O/c1-14-11-21(24-15(2)23-14)27-9-7-16(13-27)20-12-18(25-26-20)8-10-28-19-5-3-17(22)4-6-19/h3-6,11-12,16H,7-10,13H2,1-2H3,(H,25,26). The Morgan fingerprint density at radius 2 is 2.00 bits per heavy atom. The van der Waals surface area contributed by atoms with Gasteiger partial charge in [0.15, 0.2) is 0 Å². The molecule has 0 spiro atoms. The summed E-state index contributed by atoms with van der Waals surface area (Å²) in [6.45, 7) is 6.47. The van der Waals surface area contributed by atoms with E-state index in [0.29, 0.717) is 17.5 Å². The predicted molar refractivity (Wildman–Crippen MR) is 110 cm³/mol. The van der Waals surface area contributed by atoms with Crippen molar-refractivity contribution in [2.24, 2.45) is 0 Å². The molecule has 1 fully saturated rings. The van der Waals surface area contributed by atoms with Crippen molar-refractivity contribution in [3.8, 4) is 5.75 Å². The number of H-pyrrole nitrogens is 1. The van der Waals surface area contributed by atoms with Gasteiger partial charge in [-0.3, -0.25) is 5.10 Å². The first-order valence-corrected chi connectivity index (χ1v) is 9.94. The van der Waals surface area contributed by atoms with E-state index in [1.807, 2.05) is 38.1 Å². The minimum atomic E-state index is 0.415. The molecule has 1 N–H and O–H groups in total. The van der Waals surface area contributed by atoms with E-state index in [2.05, 4.69) is 37.2 Å². The first kappa shape index (κ1) is 18.7. The lowest BCUT2D eigenvalue weighted by Crippen LogP contribution is -2.21. The highest BCUT2D eigenvalue weighted by atomic mass is 35.5. The van der Waals surface area contributed by atoms with Gasteiger partial charge in [0.25, 0.3) is 0 Å². The average Bonchev–Trinajstić information content (AvgIpc) is 3.32. The van der Waals surface area contributed by atoms with E-state index in [1.165, 1.54) is 0 Å². The lowest BCUT2D eigenvalue weighted by molar-refractivity contribution is 0.320. The molecular formula is C21H24ClN5O. The van der Waals surface area contributed by atoms with Crippen molar-refractivity contribution in [2.75, 3.05) is 24.6 Å². The number of benzene rings is 1. The molecule has 2 aromatic heterocycles. The van der Waals surface area contributed by atoms with Crippen LogP contribution in [-0.4, -0.2) is 39.9 Å². The number of nitrogens with one attached hydrogen (secondary N) is 1. The van der Waals surface area contributed by atoms with E-state index < -0.39 is 0 Å². The van der Waals surface area contributed by atoms with E-state index in [-0.39, 0.29) is 0 Å². The Morgan fingerprint density at radius 3 is 2.79 bits per heavy atom. The first-order valence-electron chi connectivity index (χ1n) is 9.56. The third-order valence-corrected chi connectivity index (χ3v) is 5.24. The number of hydrogen-bond donors (Lipinski definition) is 1. The van der Waals surface area contributed by atoms with Crippen LogP contribution < -0.4 is 9.64 Å². The average molecular weight is 398 g/mol. The lowest BCUT2D eigenvalue weighted by atomic mass is 10.0. The minimum absolute atomic E-state index is 0.415. The Morgan fingerprint density at radius 1 is 1.18 bits per heavy atom. The molecule has 1 saturated heterocycles. The molecule has 7 heteroatoms. The van der Waals surface area contributed by atoms with Gasteiger partial charge < -0.3 is 9.64 Å². The summed E-state index contributed by atoms with van der Waals surface area (Å²) in [6, 6.07) is 11.6. The number of halogens is 1. The van der Waals surface area contributed by atoms with Crippen molar-refractivity contribution in [3.63, 3.8) is 0 Å². The molecule has 3 aromatic rings. The molecule has 1 aliphatic rings. The molecule has 6 nitrogen and oxygen atoms in total. The molecule has 0 saturated carbocycles. The molecular weight excluding hydrogens is 374 g/mol. The maximum absolute atomic E-state index is 5.89. The van der Waals surface area contributed by atoms with Gasteiger partial charge in [-0.1, -0.05) is 11.6 Å². The molecule has 1 aliphatic heterocycles. The largest absolute Gasteiger partial charge is 0.493 e. The summed E-state index contributed by atoms with van der Waals surface area (Å²) in [5.74, 6) is 3.07. The summed E-state index contributed by atoms with van der Waals surface area (Å²) in [7, 11) is 0. The zero-order chi connectivity index (χ0) is 19.5. The number of aryl methyl sites for hydroxylation is 2. The third kappa shape index (κ3) is 4.44. The monoisotopic (exact) mass is 397 g/mol. The van der Waals surface area contributed by atoms with Crippen molar-refractivity contribution in [3.05, 3.63) is 64.3 Å². The van der Waals surface area contributed by atoms with E-state index in [9.17, 15) is 0 Å². The van der Waals surface area contributed by atoms with Crippen LogP contribution in [0.5, 0.6) is 5.75 Å². The molecule has 0 radical (unpaired) electrons. The first-order chi connectivity index (χ1) is 13.6. The third-order valence-electron chi connectivity index (χ3n) is 4.99. The SMILES string of the molecule is Cc1cc(N2CCC(c3cc(CCOc4ccc(Cl)cc4)[nH]n3)C2)nc(C)n1. The van der Waals surface area contributed by atoms with Crippen LogP contribution in [0.1, 0.15) is 35.2 Å². The van der Waals surface area contributed by atoms with E-state index in [0.717, 1.165) is 60.4 Å². The maximum atomic E-state index is 5.89. The van der Waals surface area contributed by atoms with Crippen LogP contribution in [0.3, 0.4) is 0 Å². The van der Waals surface area contributed by atoms with Crippen molar-refractivity contribution < 1.29 is 4.74 Å². The zero-order valence-electron chi connectivity index (χ0n) is 16.2. The van der Waals surface area contributed by atoms with Crippen LogP contribution in [0.2, 0.25) is 5.02 Å². The topological polar surface area (TPSA) is 66.9 Å². The van der Waals surface area contributed by atoms with Gasteiger partial charge in [0.1, 0.15) is 17.4 Å². The summed E-state index contributed by atoms with van der Waals surface area (Å²) in [6.07, 6.45) is 1.87. The van der Waals surface area contributed by atoms with E-state index in [4.69, 9.17) is 16.3 Å². The summed E-state index contributed by atoms with van der Waals surface area (Å²) in [5, 5.41) is 8.41. The van der Waals surface area contributed by atoms with E-state index >= 15 is 0 Å². The predicted octanol–water partition coefficient (Wildman–Crippen LogP) is 4.09. The number of aromatic nitrogens is 4. The molecule has 1 aromatic carbocycles. The minimum Gasteiger partial charge on any atom is -0.493 e. The Hall–Kier alpha value is -2.60. The van der Waals surface area contributed by atoms with E-state index in [1.54, 1.807) is 0 Å². The van der Waals surface area contributed by atoms with Gasteiger partial charge in [-0.2, -0.15) is 5.10 Å². The summed E-state index contributed by atoms with van der Waals surface area (Å²) in [4.78, 5) is 11.3. The Labute approximate surface area is 169 Å². The molecule has 0 aliphatic carbocycles. The smallest absolute Gasteiger partial charge is 0.132 e. The highest BCUT2D eigenvalue weighted by Crippen LogP contribution is 2.29. The maximum Gasteiger partial charge on any atom is 0.132 e. The van der Waals surface area contributed by atoms with Crippen LogP contribution in [0.25, 0.3) is 0 Å². The zero-order valence-corrected chi connectivity index (χ0v) is 16.9. The molecule has 0 amide bonds. The number of hydrogen-bond acceptors (Lipinski definition) is 5. The van der Waals surface area contributed by atoms with Crippen LogP contribution >= 0.6 is 11.6 Å². The summed E-state index contributed by atoms with van der Waals surface area (Å²) in [5.41, 5.74) is 3.22. The van der Waals surface area contributed by atoms with Gasteiger partial charge in [-0.25, -0.2) is 9.97 Å². The fourth-order valence-electron chi connectivity index (χ4n) is 3.60. The van der Waals surface area contributed by atoms with Crippen LogP contribution in [0.4, 0.5) is 5.82 Å². The van der Waals surface area contributed by atoms with Gasteiger partial charge in [-0.05, 0) is 50.6 Å². The highest BCUT2D eigenvalue weighted by molar-refractivity contribution is 6.30. The molecule has 0 bridgehead atoms. The fourth-order valence-corrected chi connectivity index (χ4v) is 3.72. The second kappa shape index (κ2) is 8.19. The van der Waals surface area contributed by atoms with Gasteiger partial charge in [0, 0.05) is 47.9 Å². The number of ether oxygens (including phenoxy) is 1. The summed E-state index contributed by atoms with van der Waals surface area (Å²) < 4.78 is 5.77. The Kier molecular flexibility index (Phi) is 5.48. The van der Waals surface area contributed by atoms with Crippen molar-refractivity contribution in [1.82, 2.24) is 20.2 Å². The fraction of sp³-hybridized carbons (Fsp3) is 0.381. The van der Waals surface area contributed by atoms with Gasteiger partial charge in [0.05, 0.1) is 12.3 Å². The number of aromatic amines is 1.